The molecule has 1 aromatic carbocycles. The van der Waals surface area contributed by atoms with Gasteiger partial charge in [0.1, 0.15) is 12.4 Å². The van der Waals surface area contributed by atoms with E-state index in [4.69, 9.17) is 14.0 Å². The number of benzene rings is 1. The molecule has 1 spiro atoms. The Balaban J connectivity index is 1.62. The van der Waals surface area contributed by atoms with Gasteiger partial charge in [0, 0.05) is 44.4 Å². The molecule has 0 saturated carbocycles. The predicted molar refractivity (Wildman–Crippen MR) is 93.4 cm³/mol. The van der Waals surface area contributed by atoms with Crippen molar-refractivity contribution in [3.05, 3.63) is 36.0 Å². The number of carbonyl (C=O) groups is 1. The highest BCUT2D eigenvalue weighted by Gasteiger charge is 2.51. The van der Waals surface area contributed by atoms with Gasteiger partial charge >= 0.3 is 0 Å². The van der Waals surface area contributed by atoms with Crippen LogP contribution in [0, 0.1) is 11.2 Å². The zero-order valence-electron chi connectivity index (χ0n) is 15.2. The van der Waals surface area contributed by atoms with E-state index in [1.54, 1.807) is 12.1 Å². The summed E-state index contributed by atoms with van der Waals surface area (Å²) in [5.41, 5.74) is 0.562. The van der Waals surface area contributed by atoms with Crippen molar-refractivity contribution < 1.29 is 23.2 Å². The van der Waals surface area contributed by atoms with Gasteiger partial charge in [-0.25, -0.2) is 4.39 Å². The van der Waals surface area contributed by atoms with Gasteiger partial charge in [0.2, 0.25) is 17.6 Å². The number of likely N-dealkylation sites (tertiary alicyclic amines) is 1. The molecule has 2 aromatic rings. The fraction of sp³-hybridized carbons (Fsp3) is 0.526. The van der Waals surface area contributed by atoms with Crippen LogP contribution in [-0.4, -0.2) is 61.0 Å². The molecule has 4 rings (SSSR count). The molecule has 0 aliphatic carbocycles. The van der Waals surface area contributed by atoms with Gasteiger partial charge in [0.15, 0.2) is 0 Å². The number of methoxy groups -OCH3 is 1. The molecule has 27 heavy (non-hydrogen) atoms. The van der Waals surface area contributed by atoms with E-state index in [2.05, 4.69) is 10.1 Å². The Morgan fingerprint density at radius 1 is 1.33 bits per heavy atom. The van der Waals surface area contributed by atoms with Gasteiger partial charge in [0.05, 0.1) is 5.92 Å². The molecule has 7 nitrogen and oxygen atoms in total. The lowest BCUT2D eigenvalue weighted by molar-refractivity contribution is -0.134. The first-order chi connectivity index (χ1) is 13.1. The van der Waals surface area contributed by atoms with Crippen LogP contribution in [0.1, 0.15) is 24.7 Å². The van der Waals surface area contributed by atoms with Gasteiger partial charge < -0.3 is 18.9 Å². The predicted octanol–water partition coefficient (Wildman–Crippen LogP) is 2.24. The number of carbonyl (C=O) groups excluding carboxylic acids is 1. The molecular weight excluding hydrogens is 353 g/mol. The first-order valence-electron chi connectivity index (χ1n) is 9.05. The maximum Gasteiger partial charge on any atom is 0.248 e. The van der Waals surface area contributed by atoms with Crippen molar-refractivity contribution in [1.82, 2.24) is 15.0 Å². The molecule has 144 valence electrons. The summed E-state index contributed by atoms with van der Waals surface area (Å²) in [5, 5.41) is 4.08. The molecule has 2 fully saturated rings. The summed E-state index contributed by atoms with van der Waals surface area (Å²) in [4.78, 5) is 18.8. The van der Waals surface area contributed by atoms with Crippen molar-refractivity contribution in [1.29, 1.82) is 0 Å². The lowest BCUT2D eigenvalue weighted by Gasteiger charge is -2.36. The summed E-state index contributed by atoms with van der Waals surface area (Å²) < 4.78 is 29.3. The van der Waals surface area contributed by atoms with Crippen LogP contribution in [0.25, 0.3) is 11.4 Å². The summed E-state index contributed by atoms with van der Waals surface area (Å²) in [6, 6.07) is 5.98. The summed E-state index contributed by atoms with van der Waals surface area (Å²) in [7, 11) is 1.52. The van der Waals surface area contributed by atoms with Crippen LogP contribution < -0.4 is 0 Å². The fourth-order valence-corrected chi connectivity index (χ4v) is 4.09. The Kier molecular flexibility index (Phi) is 4.92. The van der Waals surface area contributed by atoms with Gasteiger partial charge in [-0.3, -0.25) is 4.79 Å². The molecule has 2 aliphatic rings. The smallest absolute Gasteiger partial charge is 0.248 e. The van der Waals surface area contributed by atoms with Crippen LogP contribution in [0.4, 0.5) is 4.39 Å². The quantitative estimate of drug-likeness (QED) is 0.816. The van der Waals surface area contributed by atoms with Gasteiger partial charge in [-0.2, -0.15) is 4.98 Å². The van der Waals surface area contributed by atoms with E-state index in [1.165, 1.54) is 19.2 Å². The highest BCUT2D eigenvalue weighted by Crippen LogP contribution is 2.49. The molecule has 1 aromatic heterocycles. The molecule has 0 radical (unpaired) electrons. The van der Waals surface area contributed by atoms with E-state index >= 15 is 0 Å². The zero-order valence-corrected chi connectivity index (χ0v) is 15.2. The van der Waals surface area contributed by atoms with Crippen molar-refractivity contribution in [2.24, 2.45) is 5.41 Å². The molecular formula is C19H22FN3O4. The first-order valence-corrected chi connectivity index (χ1v) is 9.05. The van der Waals surface area contributed by atoms with Crippen LogP contribution in [0.3, 0.4) is 0 Å². The maximum absolute atomic E-state index is 13.1. The number of aromatic nitrogens is 2. The number of rotatable bonds is 4. The van der Waals surface area contributed by atoms with Gasteiger partial charge in [0.25, 0.3) is 0 Å². The minimum atomic E-state index is -0.313. The molecule has 3 heterocycles. The highest BCUT2D eigenvalue weighted by molar-refractivity contribution is 5.78. The minimum absolute atomic E-state index is 0.0378. The van der Waals surface area contributed by atoms with Gasteiger partial charge in [-0.15, -0.1) is 0 Å². The Labute approximate surface area is 156 Å². The molecule has 1 atom stereocenters. The van der Waals surface area contributed by atoms with E-state index < -0.39 is 0 Å². The molecule has 8 heteroatoms. The molecule has 0 unspecified atom stereocenters. The average molecular weight is 375 g/mol. The number of halogens is 1. The third-order valence-corrected chi connectivity index (χ3v) is 5.60. The SMILES string of the molecule is COCC(=O)N1C[C@H](c2nc(-c3ccc(F)cc3)no2)C2(CCOCC2)C1. The Hall–Kier alpha value is -2.32. The molecule has 0 N–H and O–H groups in total. The summed E-state index contributed by atoms with van der Waals surface area (Å²) >= 11 is 0. The van der Waals surface area contributed by atoms with E-state index in [1.807, 2.05) is 4.90 Å². The number of nitrogens with zero attached hydrogens (tertiary/aromatic N) is 3. The van der Waals surface area contributed by atoms with Crippen molar-refractivity contribution in [2.75, 3.05) is 40.0 Å². The minimum Gasteiger partial charge on any atom is -0.381 e. The number of hydrogen-bond acceptors (Lipinski definition) is 6. The fourth-order valence-electron chi connectivity index (χ4n) is 4.09. The van der Waals surface area contributed by atoms with Crippen LogP contribution in [0.5, 0.6) is 0 Å². The summed E-state index contributed by atoms with van der Waals surface area (Å²) in [6.45, 7) is 2.53. The zero-order chi connectivity index (χ0) is 18.9. The third-order valence-electron chi connectivity index (χ3n) is 5.60. The third kappa shape index (κ3) is 3.46. The van der Waals surface area contributed by atoms with Crippen molar-refractivity contribution in [3.8, 4) is 11.4 Å². The second-order valence-electron chi connectivity index (χ2n) is 7.20. The van der Waals surface area contributed by atoms with E-state index in [0.717, 1.165) is 12.8 Å². The second-order valence-corrected chi connectivity index (χ2v) is 7.20. The number of hydrogen-bond donors (Lipinski definition) is 0. The molecule has 2 saturated heterocycles. The second kappa shape index (κ2) is 7.36. The first kappa shape index (κ1) is 18.1. The van der Waals surface area contributed by atoms with E-state index in [-0.39, 0.29) is 29.7 Å². The lowest BCUT2D eigenvalue weighted by Crippen LogP contribution is -2.38. The monoisotopic (exact) mass is 375 g/mol. The Bertz CT molecular complexity index is 802. The Morgan fingerprint density at radius 2 is 2.07 bits per heavy atom. The largest absolute Gasteiger partial charge is 0.381 e. The van der Waals surface area contributed by atoms with Crippen LogP contribution in [-0.2, 0) is 14.3 Å². The average Bonchev–Trinajstić information content (AvgIpc) is 3.29. The van der Waals surface area contributed by atoms with Crippen molar-refractivity contribution in [3.63, 3.8) is 0 Å². The Morgan fingerprint density at radius 3 is 2.78 bits per heavy atom. The van der Waals surface area contributed by atoms with Crippen molar-refractivity contribution in [2.45, 2.75) is 18.8 Å². The standard InChI is InChI=1S/C19H22FN3O4/c1-25-11-16(24)23-10-15(19(12-23)6-8-26-9-7-19)18-21-17(22-27-18)13-2-4-14(20)5-3-13/h2-5,15H,6-12H2,1H3/t15-/m1/s1. The lowest BCUT2D eigenvalue weighted by atomic mass is 9.72. The normalized spacial score (nSPS) is 21.7. The molecule has 0 bridgehead atoms. The van der Waals surface area contributed by atoms with Crippen LogP contribution in [0.2, 0.25) is 0 Å². The maximum atomic E-state index is 13.1. The summed E-state index contributed by atoms with van der Waals surface area (Å²) in [6.07, 6.45) is 1.67. The van der Waals surface area contributed by atoms with Gasteiger partial charge in [-0.1, -0.05) is 5.16 Å². The number of amides is 1. The summed E-state index contributed by atoms with van der Waals surface area (Å²) in [5.74, 6) is 0.539. The topological polar surface area (TPSA) is 77.7 Å². The highest BCUT2D eigenvalue weighted by atomic mass is 19.1. The molecule has 2 aliphatic heterocycles. The number of ether oxygens (including phenoxy) is 2. The van der Waals surface area contributed by atoms with Crippen LogP contribution in [0.15, 0.2) is 28.8 Å². The van der Waals surface area contributed by atoms with E-state index in [9.17, 15) is 9.18 Å². The van der Waals surface area contributed by atoms with E-state index in [0.29, 0.717) is 43.6 Å². The molecule has 1 amide bonds. The van der Waals surface area contributed by atoms with Gasteiger partial charge in [-0.05, 0) is 37.1 Å². The van der Waals surface area contributed by atoms with Crippen LogP contribution >= 0.6 is 0 Å². The van der Waals surface area contributed by atoms with Crippen molar-refractivity contribution >= 4 is 5.91 Å².